The molecule has 2 rings (SSSR count). The quantitative estimate of drug-likeness (QED) is 0.479. The molecule has 28 heavy (non-hydrogen) atoms. The van der Waals surface area contributed by atoms with Gasteiger partial charge in [-0.3, -0.25) is 9.69 Å². The van der Waals surface area contributed by atoms with Crippen molar-refractivity contribution in [3.8, 4) is 0 Å². The first kappa shape index (κ1) is 22.6. The SMILES string of the molecule is CC(C)CC(CNC(=NCC(=O)N(C)C)NCc1cccs1)N1CCOCC1. The predicted molar refractivity (Wildman–Crippen MR) is 116 cm³/mol. The zero-order valence-corrected chi connectivity index (χ0v) is 18.4. The second-order valence-corrected chi connectivity index (χ2v) is 8.73. The van der Waals surface area contributed by atoms with Crippen molar-refractivity contribution in [1.82, 2.24) is 20.4 Å². The Morgan fingerprint density at radius 3 is 2.68 bits per heavy atom. The molecule has 1 saturated heterocycles. The van der Waals surface area contributed by atoms with Gasteiger partial charge in [-0.1, -0.05) is 19.9 Å². The van der Waals surface area contributed by atoms with Crippen molar-refractivity contribution in [3.05, 3.63) is 22.4 Å². The summed E-state index contributed by atoms with van der Waals surface area (Å²) in [6, 6.07) is 4.55. The molecule has 1 atom stereocenters. The molecule has 2 N–H and O–H groups in total. The third-order valence-electron chi connectivity index (χ3n) is 4.69. The first-order valence-corrected chi connectivity index (χ1v) is 10.9. The number of carbonyl (C=O) groups excluding carboxylic acids is 1. The zero-order valence-electron chi connectivity index (χ0n) is 17.6. The van der Waals surface area contributed by atoms with Gasteiger partial charge in [0.25, 0.3) is 0 Å². The average Bonchev–Trinajstić information content (AvgIpc) is 3.20. The highest BCUT2D eigenvalue weighted by molar-refractivity contribution is 7.09. The van der Waals surface area contributed by atoms with Crippen LogP contribution in [0.5, 0.6) is 0 Å². The molecule has 1 aliphatic heterocycles. The number of thiophene rings is 1. The number of nitrogens with zero attached hydrogens (tertiary/aromatic N) is 3. The molecule has 0 aromatic carbocycles. The largest absolute Gasteiger partial charge is 0.379 e. The van der Waals surface area contributed by atoms with E-state index in [0.29, 0.717) is 24.5 Å². The second kappa shape index (κ2) is 12.0. The van der Waals surface area contributed by atoms with Gasteiger partial charge in [-0.15, -0.1) is 11.3 Å². The maximum Gasteiger partial charge on any atom is 0.243 e. The van der Waals surface area contributed by atoms with Crippen molar-refractivity contribution in [2.75, 3.05) is 53.5 Å². The Labute approximate surface area is 173 Å². The number of aliphatic imine (C=N–C) groups is 1. The van der Waals surface area contributed by atoms with Gasteiger partial charge in [0.2, 0.25) is 5.91 Å². The molecule has 1 amide bonds. The number of morpholine rings is 1. The molecule has 0 bridgehead atoms. The number of hydrogen-bond donors (Lipinski definition) is 2. The van der Waals surface area contributed by atoms with Crippen LogP contribution in [-0.2, 0) is 16.1 Å². The van der Waals surface area contributed by atoms with Crippen LogP contribution >= 0.6 is 11.3 Å². The average molecular weight is 410 g/mol. The third kappa shape index (κ3) is 8.16. The minimum Gasteiger partial charge on any atom is -0.379 e. The normalized spacial score (nSPS) is 16.8. The third-order valence-corrected chi connectivity index (χ3v) is 5.57. The minimum absolute atomic E-state index is 0.0101. The second-order valence-electron chi connectivity index (χ2n) is 7.70. The van der Waals surface area contributed by atoms with E-state index < -0.39 is 0 Å². The highest BCUT2D eigenvalue weighted by Crippen LogP contribution is 2.13. The maximum absolute atomic E-state index is 12.0. The van der Waals surface area contributed by atoms with Crippen LogP contribution in [0.25, 0.3) is 0 Å². The van der Waals surface area contributed by atoms with Crippen molar-refractivity contribution in [2.24, 2.45) is 10.9 Å². The Hall–Kier alpha value is -1.64. The van der Waals surface area contributed by atoms with E-state index in [4.69, 9.17) is 4.74 Å². The van der Waals surface area contributed by atoms with Gasteiger partial charge in [-0.05, 0) is 23.8 Å². The van der Waals surface area contributed by atoms with Crippen molar-refractivity contribution in [3.63, 3.8) is 0 Å². The number of likely N-dealkylation sites (N-methyl/N-ethyl adjacent to an activating group) is 1. The monoisotopic (exact) mass is 409 g/mol. The molecule has 8 heteroatoms. The fraction of sp³-hybridized carbons (Fsp3) is 0.700. The van der Waals surface area contributed by atoms with E-state index >= 15 is 0 Å². The van der Waals surface area contributed by atoms with Gasteiger partial charge >= 0.3 is 0 Å². The highest BCUT2D eigenvalue weighted by atomic mass is 32.1. The van der Waals surface area contributed by atoms with E-state index in [0.717, 1.165) is 39.3 Å². The lowest BCUT2D eigenvalue weighted by Gasteiger charge is -2.35. The molecule has 1 aromatic heterocycles. The smallest absolute Gasteiger partial charge is 0.243 e. The van der Waals surface area contributed by atoms with Crippen molar-refractivity contribution in [1.29, 1.82) is 0 Å². The first-order valence-electron chi connectivity index (χ1n) is 10.0. The summed E-state index contributed by atoms with van der Waals surface area (Å²) in [7, 11) is 3.50. The standard InChI is InChI=1S/C20H35N5O2S/c1-16(2)12-17(25-7-9-27-10-8-25)13-21-20(23-15-19(26)24(3)4)22-14-18-6-5-11-28-18/h5-6,11,16-17H,7-10,12-15H2,1-4H3,(H2,21,22,23). The van der Waals surface area contributed by atoms with E-state index in [1.54, 1.807) is 30.3 Å². The topological polar surface area (TPSA) is 69.2 Å². The summed E-state index contributed by atoms with van der Waals surface area (Å²) >= 11 is 1.71. The summed E-state index contributed by atoms with van der Waals surface area (Å²) in [6.45, 7) is 9.67. The van der Waals surface area contributed by atoms with Crippen LogP contribution in [0.15, 0.2) is 22.5 Å². The molecule has 1 aromatic rings. The van der Waals surface area contributed by atoms with Crippen LogP contribution < -0.4 is 10.6 Å². The number of amides is 1. The number of nitrogens with one attached hydrogen (secondary N) is 2. The van der Waals surface area contributed by atoms with Crippen molar-refractivity contribution >= 4 is 23.2 Å². The minimum atomic E-state index is -0.0101. The Balaban J connectivity index is 1.98. The summed E-state index contributed by atoms with van der Waals surface area (Å²) in [5.41, 5.74) is 0. The van der Waals surface area contributed by atoms with Gasteiger partial charge in [-0.2, -0.15) is 0 Å². The number of guanidine groups is 1. The fourth-order valence-electron chi connectivity index (χ4n) is 3.11. The van der Waals surface area contributed by atoms with Gasteiger partial charge < -0.3 is 20.3 Å². The van der Waals surface area contributed by atoms with E-state index in [2.05, 4.69) is 45.8 Å². The molecule has 0 spiro atoms. The van der Waals surface area contributed by atoms with Crippen LogP contribution in [0.4, 0.5) is 0 Å². The Bertz CT molecular complexity index is 598. The lowest BCUT2D eigenvalue weighted by atomic mass is 10.0. The fourth-order valence-corrected chi connectivity index (χ4v) is 3.75. The van der Waals surface area contributed by atoms with E-state index in [1.807, 2.05) is 6.07 Å². The lowest BCUT2D eigenvalue weighted by Crippen LogP contribution is -2.51. The first-order chi connectivity index (χ1) is 13.5. The Morgan fingerprint density at radius 2 is 2.07 bits per heavy atom. The van der Waals surface area contributed by atoms with E-state index in [1.165, 1.54) is 4.88 Å². The molecule has 1 aliphatic rings. The summed E-state index contributed by atoms with van der Waals surface area (Å²) in [5, 5.41) is 8.90. The number of carbonyl (C=O) groups is 1. The van der Waals surface area contributed by atoms with Crippen LogP contribution in [0.1, 0.15) is 25.1 Å². The van der Waals surface area contributed by atoms with Gasteiger partial charge in [0.15, 0.2) is 5.96 Å². The molecule has 2 heterocycles. The number of ether oxygens (including phenoxy) is 1. The Kier molecular flexibility index (Phi) is 9.73. The molecule has 158 valence electrons. The molecule has 1 fully saturated rings. The zero-order chi connectivity index (χ0) is 20.4. The van der Waals surface area contributed by atoms with Gasteiger partial charge in [-0.25, -0.2) is 4.99 Å². The molecule has 7 nitrogen and oxygen atoms in total. The predicted octanol–water partition coefficient (Wildman–Crippen LogP) is 1.62. The summed E-state index contributed by atoms with van der Waals surface area (Å²) in [6.07, 6.45) is 1.11. The Morgan fingerprint density at radius 1 is 1.32 bits per heavy atom. The van der Waals surface area contributed by atoms with Gasteiger partial charge in [0.05, 0.1) is 19.8 Å². The summed E-state index contributed by atoms with van der Waals surface area (Å²) < 4.78 is 5.51. The van der Waals surface area contributed by atoms with Crippen molar-refractivity contribution in [2.45, 2.75) is 32.9 Å². The van der Waals surface area contributed by atoms with Crippen molar-refractivity contribution < 1.29 is 9.53 Å². The molecule has 0 aliphatic carbocycles. The molecular formula is C20H35N5O2S. The lowest BCUT2D eigenvalue weighted by molar-refractivity contribution is -0.127. The number of hydrogen-bond acceptors (Lipinski definition) is 5. The maximum atomic E-state index is 12.0. The summed E-state index contributed by atoms with van der Waals surface area (Å²) in [5.74, 6) is 1.29. The van der Waals surface area contributed by atoms with Gasteiger partial charge in [0, 0.05) is 44.6 Å². The molecular weight excluding hydrogens is 374 g/mol. The molecule has 0 radical (unpaired) electrons. The van der Waals surface area contributed by atoms with E-state index in [9.17, 15) is 4.79 Å². The van der Waals surface area contributed by atoms with Gasteiger partial charge in [0.1, 0.15) is 6.54 Å². The van der Waals surface area contributed by atoms with E-state index in [-0.39, 0.29) is 12.5 Å². The van der Waals surface area contributed by atoms with Crippen LogP contribution in [0, 0.1) is 5.92 Å². The van der Waals surface area contributed by atoms with Crippen LogP contribution in [0.2, 0.25) is 0 Å². The molecule has 1 unspecified atom stereocenters. The highest BCUT2D eigenvalue weighted by Gasteiger charge is 2.22. The van der Waals surface area contributed by atoms with Crippen LogP contribution in [-0.4, -0.2) is 81.2 Å². The van der Waals surface area contributed by atoms with Crippen LogP contribution in [0.3, 0.4) is 0 Å². The number of rotatable bonds is 9. The molecule has 0 saturated carbocycles. The summed E-state index contributed by atoms with van der Waals surface area (Å²) in [4.78, 5) is 21.8.